The van der Waals surface area contributed by atoms with Crippen molar-refractivity contribution in [3.8, 4) is 0 Å². The van der Waals surface area contributed by atoms with Crippen LogP contribution in [-0.2, 0) is 16.1 Å². The van der Waals surface area contributed by atoms with Gasteiger partial charge in [0.05, 0.1) is 12.7 Å². The van der Waals surface area contributed by atoms with Gasteiger partial charge in [-0.3, -0.25) is 9.69 Å². The van der Waals surface area contributed by atoms with Gasteiger partial charge >= 0.3 is 0 Å². The number of piperidine rings is 1. The summed E-state index contributed by atoms with van der Waals surface area (Å²) in [6, 6.07) is 18.9. The Morgan fingerprint density at radius 1 is 1.03 bits per heavy atom. The molecule has 1 unspecified atom stereocenters. The highest BCUT2D eigenvalue weighted by molar-refractivity contribution is 5.79. The molecule has 2 fully saturated rings. The minimum Gasteiger partial charge on any atom is -0.423 e. The Labute approximate surface area is 188 Å². The number of fused-ring (bicyclic) bond motifs is 1. The van der Waals surface area contributed by atoms with Gasteiger partial charge in [0.1, 0.15) is 5.52 Å². The van der Waals surface area contributed by atoms with E-state index >= 15 is 0 Å². The Balaban J connectivity index is 1.07. The number of hydrogen-bond donors (Lipinski definition) is 1. The van der Waals surface area contributed by atoms with Crippen LogP contribution in [0.4, 0.5) is 6.01 Å². The molecule has 0 saturated carbocycles. The van der Waals surface area contributed by atoms with Crippen LogP contribution in [0.15, 0.2) is 59.0 Å². The Bertz CT molecular complexity index is 997. The number of rotatable bonds is 6. The van der Waals surface area contributed by atoms with E-state index < -0.39 is 0 Å². The minimum atomic E-state index is 0.0274. The molecule has 32 heavy (non-hydrogen) atoms. The van der Waals surface area contributed by atoms with Crippen LogP contribution < -0.4 is 10.2 Å². The number of benzene rings is 2. The molecule has 7 heteroatoms. The third-order valence-corrected chi connectivity index (χ3v) is 6.39. The van der Waals surface area contributed by atoms with Crippen LogP contribution in [0.25, 0.3) is 11.1 Å². The number of anilines is 1. The first kappa shape index (κ1) is 21.0. The number of amides is 1. The van der Waals surface area contributed by atoms with Crippen molar-refractivity contribution in [3.05, 3.63) is 60.2 Å². The fourth-order valence-corrected chi connectivity index (χ4v) is 4.58. The number of nitrogens with zero attached hydrogens (tertiary/aromatic N) is 3. The molecule has 0 aliphatic carbocycles. The van der Waals surface area contributed by atoms with E-state index in [0.717, 1.165) is 56.7 Å². The molecular weight excluding hydrogens is 404 g/mol. The zero-order valence-electron chi connectivity index (χ0n) is 18.3. The smallest absolute Gasteiger partial charge is 0.298 e. The second-order valence-corrected chi connectivity index (χ2v) is 8.68. The average Bonchev–Trinajstić information content (AvgIpc) is 3.28. The molecule has 5 rings (SSSR count). The highest BCUT2D eigenvalue weighted by atomic mass is 16.5. The summed E-state index contributed by atoms with van der Waals surface area (Å²) < 4.78 is 11.8. The van der Waals surface area contributed by atoms with Crippen molar-refractivity contribution in [2.24, 2.45) is 5.92 Å². The third-order valence-electron chi connectivity index (χ3n) is 6.39. The summed E-state index contributed by atoms with van der Waals surface area (Å²) in [6.45, 7) is 5.50. The van der Waals surface area contributed by atoms with Crippen LogP contribution in [0.5, 0.6) is 0 Å². The summed E-state index contributed by atoms with van der Waals surface area (Å²) in [5, 5.41) is 3.13. The molecule has 2 aliphatic heterocycles. The predicted octanol–water partition coefficient (Wildman–Crippen LogP) is 3.06. The quantitative estimate of drug-likeness (QED) is 0.643. The normalized spacial score (nSPS) is 20.5. The maximum absolute atomic E-state index is 12.8. The molecule has 1 amide bonds. The van der Waals surface area contributed by atoms with Gasteiger partial charge in [0.15, 0.2) is 5.58 Å². The van der Waals surface area contributed by atoms with Crippen LogP contribution in [-0.4, -0.2) is 61.2 Å². The molecule has 2 saturated heterocycles. The molecule has 2 aliphatic rings. The largest absolute Gasteiger partial charge is 0.423 e. The summed E-state index contributed by atoms with van der Waals surface area (Å²) >= 11 is 0. The van der Waals surface area contributed by atoms with Crippen LogP contribution >= 0.6 is 0 Å². The van der Waals surface area contributed by atoms with Gasteiger partial charge in [0, 0.05) is 45.2 Å². The van der Waals surface area contributed by atoms with Gasteiger partial charge in [0.25, 0.3) is 6.01 Å². The molecule has 1 atom stereocenters. The third kappa shape index (κ3) is 4.95. The lowest BCUT2D eigenvalue weighted by molar-refractivity contribution is -0.126. The van der Waals surface area contributed by atoms with Gasteiger partial charge in [-0.2, -0.15) is 4.98 Å². The second kappa shape index (κ2) is 9.71. The van der Waals surface area contributed by atoms with Crippen molar-refractivity contribution in [1.82, 2.24) is 15.2 Å². The summed E-state index contributed by atoms with van der Waals surface area (Å²) in [7, 11) is 0. The maximum Gasteiger partial charge on any atom is 0.298 e. The molecule has 0 spiro atoms. The predicted molar refractivity (Wildman–Crippen MR) is 123 cm³/mol. The summed E-state index contributed by atoms with van der Waals surface area (Å²) in [4.78, 5) is 21.9. The lowest BCUT2D eigenvalue weighted by Crippen LogP contribution is -2.48. The monoisotopic (exact) mass is 434 g/mol. The SMILES string of the molecule is O=C(NCC1CN(Cc2ccccc2)CCO1)C1CCN(c2nc3ccccc3o2)CC1. The molecule has 0 radical (unpaired) electrons. The Morgan fingerprint density at radius 3 is 2.62 bits per heavy atom. The van der Waals surface area contributed by atoms with Crippen molar-refractivity contribution in [3.63, 3.8) is 0 Å². The van der Waals surface area contributed by atoms with Crippen molar-refractivity contribution in [2.75, 3.05) is 44.2 Å². The summed E-state index contributed by atoms with van der Waals surface area (Å²) in [6.07, 6.45) is 1.64. The molecule has 1 aromatic heterocycles. The Hall–Kier alpha value is -2.90. The first-order valence-electron chi connectivity index (χ1n) is 11.5. The molecule has 1 N–H and O–H groups in total. The number of morpholine rings is 1. The molecular formula is C25H30N4O3. The number of carbonyl (C=O) groups is 1. The fourth-order valence-electron chi connectivity index (χ4n) is 4.58. The fraction of sp³-hybridized carbons (Fsp3) is 0.440. The zero-order valence-corrected chi connectivity index (χ0v) is 18.3. The van der Waals surface area contributed by atoms with Crippen molar-refractivity contribution in [2.45, 2.75) is 25.5 Å². The molecule has 168 valence electrons. The lowest BCUT2D eigenvalue weighted by Gasteiger charge is -2.34. The van der Waals surface area contributed by atoms with Crippen molar-refractivity contribution in [1.29, 1.82) is 0 Å². The van der Waals surface area contributed by atoms with E-state index in [9.17, 15) is 4.79 Å². The van der Waals surface area contributed by atoms with Gasteiger partial charge in [-0.25, -0.2) is 0 Å². The van der Waals surface area contributed by atoms with E-state index in [1.54, 1.807) is 0 Å². The number of para-hydroxylation sites is 2. The molecule has 0 bridgehead atoms. The second-order valence-electron chi connectivity index (χ2n) is 8.68. The summed E-state index contributed by atoms with van der Waals surface area (Å²) in [5.74, 6) is 0.158. The summed E-state index contributed by atoms with van der Waals surface area (Å²) in [5.41, 5.74) is 2.98. The number of hydrogen-bond acceptors (Lipinski definition) is 6. The zero-order chi connectivity index (χ0) is 21.8. The van der Waals surface area contributed by atoms with E-state index in [1.807, 2.05) is 30.3 Å². The van der Waals surface area contributed by atoms with Gasteiger partial charge < -0.3 is 19.4 Å². The first-order valence-corrected chi connectivity index (χ1v) is 11.5. The molecule has 2 aromatic carbocycles. The van der Waals surface area contributed by atoms with Crippen molar-refractivity contribution < 1.29 is 13.9 Å². The Kier molecular flexibility index (Phi) is 6.36. The van der Waals surface area contributed by atoms with Gasteiger partial charge in [-0.1, -0.05) is 42.5 Å². The number of aromatic nitrogens is 1. The standard InChI is InChI=1S/C25H30N4O3/c30-24(26-16-21-18-28(14-15-31-21)17-19-6-2-1-3-7-19)20-10-12-29(13-11-20)25-27-22-8-4-5-9-23(22)32-25/h1-9,20-21H,10-18H2,(H,26,30). The molecule has 3 aromatic rings. The van der Waals surface area contributed by atoms with E-state index in [1.165, 1.54) is 5.56 Å². The first-order chi connectivity index (χ1) is 15.7. The van der Waals surface area contributed by atoms with Gasteiger partial charge in [0.2, 0.25) is 5.91 Å². The van der Waals surface area contributed by atoms with Crippen molar-refractivity contribution >= 4 is 23.0 Å². The van der Waals surface area contributed by atoms with E-state index in [2.05, 4.69) is 44.4 Å². The van der Waals surface area contributed by atoms with E-state index in [-0.39, 0.29) is 17.9 Å². The van der Waals surface area contributed by atoms with Crippen LogP contribution in [0.2, 0.25) is 0 Å². The highest BCUT2D eigenvalue weighted by Crippen LogP contribution is 2.26. The van der Waals surface area contributed by atoms with E-state index in [4.69, 9.17) is 9.15 Å². The maximum atomic E-state index is 12.8. The topological polar surface area (TPSA) is 70.8 Å². The molecule has 3 heterocycles. The Morgan fingerprint density at radius 2 is 1.81 bits per heavy atom. The highest BCUT2D eigenvalue weighted by Gasteiger charge is 2.28. The lowest BCUT2D eigenvalue weighted by atomic mass is 9.96. The number of nitrogens with one attached hydrogen (secondary N) is 1. The number of oxazole rings is 1. The number of ether oxygens (including phenoxy) is 1. The van der Waals surface area contributed by atoms with Crippen LogP contribution in [0.3, 0.4) is 0 Å². The minimum absolute atomic E-state index is 0.0274. The van der Waals surface area contributed by atoms with Gasteiger partial charge in [-0.15, -0.1) is 0 Å². The average molecular weight is 435 g/mol. The number of carbonyl (C=O) groups excluding carboxylic acids is 1. The van der Waals surface area contributed by atoms with Crippen LogP contribution in [0.1, 0.15) is 18.4 Å². The van der Waals surface area contributed by atoms with Gasteiger partial charge in [-0.05, 0) is 30.5 Å². The molecule has 7 nitrogen and oxygen atoms in total. The van der Waals surface area contributed by atoms with E-state index in [0.29, 0.717) is 19.2 Å². The van der Waals surface area contributed by atoms with Crippen LogP contribution in [0, 0.1) is 5.92 Å².